The maximum atomic E-state index is 11.8. The number of carbonyl (C=O) groups excluding carboxylic acids is 1. The summed E-state index contributed by atoms with van der Waals surface area (Å²) in [5, 5.41) is 8.90. The van der Waals surface area contributed by atoms with Crippen LogP contribution in [0.1, 0.15) is 16.8 Å². The van der Waals surface area contributed by atoms with E-state index in [-0.39, 0.29) is 12.2 Å². The van der Waals surface area contributed by atoms with Crippen LogP contribution in [0.3, 0.4) is 0 Å². The smallest absolute Gasteiger partial charge is 0.304 e. The number of carbonyl (C=O) groups is 2. The topological polar surface area (TPSA) is 63.6 Å². The number of ketones is 1. The first kappa shape index (κ1) is 14.0. The van der Waals surface area contributed by atoms with E-state index in [1.54, 1.807) is 12.1 Å². The summed E-state index contributed by atoms with van der Waals surface area (Å²) in [7, 11) is 1.47. The first-order valence-electron chi connectivity index (χ1n) is 4.69. The van der Waals surface area contributed by atoms with Gasteiger partial charge in [-0.15, -0.1) is 0 Å². The maximum Gasteiger partial charge on any atom is 0.304 e. The normalized spacial score (nSPS) is 11.9. The lowest BCUT2D eigenvalue weighted by Gasteiger charge is -2.08. The van der Waals surface area contributed by atoms with Gasteiger partial charge in [0, 0.05) is 5.56 Å². The molecule has 1 aromatic carbocycles. The van der Waals surface area contributed by atoms with Crippen molar-refractivity contribution >= 4 is 39.3 Å². The molecule has 0 fully saturated rings. The number of alkyl halides is 1. The van der Waals surface area contributed by atoms with E-state index < -0.39 is 10.8 Å². The molecule has 1 aromatic rings. The lowest BCUT2D eigenvalue weighted by Crippen LogP contribution is -2.18. The number of ether oxygens (including phenoxy) is 1. The van der Waals surface area contributed by atoms with Gasteiger partial charge >= 0.3 is 5.97 Å². The van der Waals surface area contributed by atoms with Crippen LogP contribution in [0, 0.1) is 0 Å². The van der Waals surface area contributed by atoms with Gasteiger partial charge in [0.15, 0.2) is 5.78 Å². The summed E-state index contributed by atoms with van der Waals surface area (Å²) in [6.45, 7) is 0. The van der Waals surface area contributed by atoms with Gasteiger partial charge < -0.3 is 9.84 Å². The zero-order valence-electron chi connectivity index (χ0n) is 8.94. The second kappa shape index (κ2) is 6.02. The number of methoxy groups -OCH3 is 1. The van der Waals surface area contributed by atoms with Gasteiger partial charge in [0.1, 0.15) is 5.75 Å². The minimum atomic E-state index is -1.04. The summed E-state index contributed by atoms with van der Waals surface area (Å²) in [5.41, 5.74) is 0.346. The Bertz CT molecular complexity index is 447. The fourth-order valence-corrected chi connectivity index (χ4v) is 2.05. The monoisotopic (exact) mass is 320 g/mol. The third kappa shape index (κ3) is 3.71. The van der Waals surface area contributed by atoms with Crippen LogP contribution >= 0.6 is 27.5 Å². The molecule has 0 aliphatic carbocycles. The van der Waals surface area contributed by atoms with Crippen molar-refractivity contribution in [3.63, 3.8) is 0 Å². The third-order valence-electron chi connectivity index (χ3n) is 2.07. The molecule has 0 saturated carbocycles. The van der Waals surface area contributed by atoms with Crippen molar-refractivity contribution in [3.05, 3.63) is 28.8 Å². The molecule has 0 radical (unpaired) electrons. The number of hydrogen-bond donors (Lipinski definition) is 1. The van der Waals surface area contributed by atoms with Gasteiger partial charge in [0.05, 0.1) is 23.4 Å². The Hall–Kier alpha value is -1.07. The Balaban J connectivity index is 2.89. The van der Waals surface area contributed by atoms with Crippen LogP contribution in [0.2, 0.25) is 5.02 Å². The molecule has 0 bridgehead atoms. The van der Waals surface area contributed by atoms with Crippen molar-refractivity contribution < 1.29 is 19.4 Å². The molecular weight excluding hydrogens is 311 g/mol. The average Bonchev–Trinajstić information content (AvgIpc) is 2.27. The summed E-state index contributed by atoms with van der Waals surface area (Å²) in [5.74, 6) is -0.899. The average molecular weight is 322 g/mol. The number of Topliss-reactive ketones (excluding diaryl/α,β-unsaturated/α-hetero) is 1. The molecular formula is C11H10BrClO4. The van der Waals surface area contributed by atoms with E-state index in [0.717, 1.165) is 0 Å². The Labute approximate surface area is 112 Å². The van der Waals surface area contributed by atoms with E-state index in [0.29, 0.717) is 16.3 Å². The van der Waals surface area contributed by atoms with Crippen molar-refractivity contribution in [3.8, 4) is 5.75 Å². The van der Waals surface area contributed by atoms with E-state index in [1.807, 2.05) is 0 Å². The van der Waals surface area contributed by atoms with Gasteiger partial charge in [-0.3, -0.25) is 9.59 Å². The highest BCUT2D eigenvalue weighted by atomic mass is 79.9. The van der Waals surface area contributed by atoms with Gasteiger partial charge in [0.2, 0.25) is 0 Å². The van der Waals surface area contributed by atoms with Gasteiger partial charge in [-0.05, 0) is 18.2 Å². The molecule has 0 aliphatic heterocycles. The van der Waals surface area contributed by atoms with Crippen LogP contribution in [0.4, 0.5) is 0 Å². The minimum Gasteiger partial charge on any atom is -0.495 e. The molecule has 0 amide bonds. The number of hydrogen-bond acceptors (Lipinski definition) is 3. The van der Waals surface area contributed by atoms with Crippen molar-refractivity contribution in [1.82, 2.24) is 0 Å². The molecule has 1 atom stereocenters. The largest absolute Gasteiger partial charge is 0.495 e. The molecule has 0 aromatic heterocycles. The number of rotatable bonds is 5. The second-order valence-corrected chi connectivity index (χ2v) is 4.79. The zero-order valence-corrected chi connectivity index (χ0v) is 11.3. The molecule has 1 N–H and O–H groups in total. The Morgan fingerprint density at radius 1 is 1.53 bits per heavy atom. The number of aliphatic carboxylic acids is 1. The quantitative estimate of drug-likeness (QED) is 0.669. The van der Waals surface area contributed by atoms with Crippen molar-refractivity contribution in [2.75, 3.05) is 7.11 Å². The fraction of sp³-hybridized carbons (Fsp3) is 0.273. The summed E-state index contributed by atoms with van der Waals surface area (Å²) < 4.78 is 4.96. The highest BCUT2D eigenvalue weighted by Gasteiger charge is 2.20. The van der Waals surface area contributed by atoms with Crippen LogP contribution in [0.25, 0.3) is 0 Å². The SMILES string of the molecule is COc1ccc(C(=O)C(Br)CC(=O)O)cc1Cl. The van der Waals surface area contributed by atoms with E-state index in [2.05, 4.69) is 15.9 Å². The first-order chi connectivity index (χ1) is 7.95. The van der Waals surface area contributed by atoms with Crippen LogP contribution in [0.5, 0.6) is 5.75 Å². The van der Waals surface area contributed by atoms with E-state index >= 15 is 0 Å². The van der Waals surface area contributed by atoms with Crippen molar-refractivity contribution in [2.45, 2.75) is 11.2 Å². The summed E-state index contributed by atoms with van der Waals surface area (Å²) in [6.07, 6.45) is -0.275. The van der Waals surface area contributed by atoms with Crippen molar-refractivity contribution in [2.24, 2.45) is 0 Å². The van der Waals surface area contributed by atoms with E-state index in [4.69, 9.17) is 21.4 Å². The Morgan fingerprint density at radius 3 is 2.65 bits per heavy atom. The predicted molar refractivity (Wildman–Crippen MR) is 67.3 cm³/mol. The van der Waals surface area contributed by atoms with Crippen LogP contribution in [-0.2, 0) is 4.79 Å². The third-order valence-corrected chi connectivity index (χ3v) is 3.11. The molecule has 0 heterocycles. The molecule has 0 spiro atoms. The van der Waals surface area contributed by atoms with Gasteiger partial charge in [-0.1, -0.05) is 27.5 Å². The summed E-state index contributed by atoms with van der Waals surface area (Å²) in [4.78, 5) is 21.5. The fourth-order valence-electron chi connectivity index (χ4n) is 1.25. The maximum absolute atomic E-state index is 11.8. The lowest BCUT2D eigenvalue weighted by atomic mass is 10.1. The molecule has 1 rings (SSSR count). The molecule has 17 heavy (non-hydrogen) atoms. The van der Waals surface area contributed by atoms with Crippen LogP contribution in [0.15, 0.2) is 18.2 Å². The molecule has 1 unspecified atom stereocenters. The number of carboxylic acids is 1. The molecule has 0 saturated heterocycles. The van der Waals surface area contributed by atoms with Gasteiger partial charge in [0.25, 0.3) is 0 Å². The van der Waals surface area contributed by atoms with Gasteiger partial charge in [-0.25, -0.2) is 0 Å². The number of carboxylic acid groups (broad SMARTS) is 1. The standard InChI is InChI=1S/C11H10BrClO4/c1-17-9-3-2-6(4-8(9)13)11(16)7(12)5-10(14)15/h2-4,7H,5H2,1H3,(H,14,15). The molecule has 0 aliphatic rings. The number of benzene rings is 1. The van der Waals surface area contributed by atoms with Gasteiger partial charge in [-0.2, -0.15) is 0 Å². The van der Waals surface area contributed by atoms with E-state index in [9.17, 15) is 9.59 Å². The molecule has 92 valence electrons. The Morgan fingerprint density at radius 2 is 2.18 bits per heavy atom. The zero-order chi connectivity index (χ0) is 13.0. The second-order valence-electron chi connectivity index (χ2n) is 3.28. The summed E-state index contributed by atoms with van der Waals surface area (Å²) in [6, 6.07) is 4.57. The highest BCUT2D eigenvalue weighted by molar-refractivity contribution is 9.10. The summed E-state index contributed by atoms with van der Waals surface area (Å²) >= 11 is 8.91. The highest BCUT2D eigenvalue weighted by Crippen LogP contribution is 2.26. The van der Waals surface area contributed by atoms with Crippen LogP contribution in [-0.4, -0.2) is 28.8 Å². The molecule has 4 nitrogen and oxygen atoms in total. The number of halogens is 2. The molecule has 6 heteroatoms. The first-order valence-corrected chi connectivity index (χ1v) is 5.98. The minimum absolute atomic E-state index is 0.275. The van der Waals surface area contributed by atoms with Crippen LogP contribution < -0.4 is 4.74 Å². The predicted octanol–water partition coefficient (Wildman–Crippen LogP) is 2.77. The lowest BCUT2D eigenvalue weighted by molar-refractivity contribution is -0.136. The Kier molecular flexibility index (Phi) is 4.96. The van der Waals surface area contributed by atoms with E-state index in [1.165, 1.54) is 13.2 Å². The van der Waals surface area contributed by atoms with Crippen molar-refractivity contribution in [1.29, 1.82) is 0 Å².